The van der Waals surface area contributed by atoms with Gasteiger partial charge in [-0.25, -0.2) is 4.39 Å². The van der Waals surface area contributed by atoms with Crippen LogP contribution in [0.25, 0.3) is 0 Å². The zero-order valence-corrected chi connectivity index (χ0v) is 12.2. The average Bonchev–Trinajstić information content (AvgIpc) is 2.46. The molecule has 0 bridgehead atoms. The minimum Gasteiger partial charge on any atom is -0.317 e. The van der Waals surface area contributed by atoms with Gasteiger partial charge in [-0.15, -0.1) is 0 Å². The number of nitrogens with one attached hydrogen (secondary N) is 1. The van der Waals surface area contributed by atoms with E-state index in [9.17, 15) is 4.39 Å². The fraction of sp³-hybridized carbons (Fsp3) is 0.625. The van der Waals surface area contributed by atoms with E-state index in [0.717, 1.165) is 5.56 Å². The average molecular weight is 264 g/mol. The summed E-state index contributed by atoms with van der Waals surface area (Å²) in [7, 11) is 4.21. The number of halogens is 1. The summed E-state index contributed by atoms with van der Waals surface area (Å²) in [5.41, 5.74) is 1.07. The Hall–Kier alpha value is -0.930. The number of hydrogen-bond donors (Lipinski definition) is 1. The first-order valence-corrected chi connectivity index (χ1v) is 7.26. The van der Waals surface area contributed by atoms with Crippen LogP contribution < -0.4 is 5.32 Å². The maximum atomic E-state index is 13.3. The van der Waals surface area contributed by atoms with Gasteiger partial charge in [0.25, 0.3) is 0 Å². The van der Waals surface area contributed by atoms with Gasteiger partial charge in [-0.05, 0) is 64.4 Å². The monoisotopic (exact) mass is 264 g/mol. The molecule has 1 saturated carbocycles. The molecule has 0 amide bonds. The third-order valence-electron chi connectivity index (χ3n) is 4.62. The minimum atomic E-state index is -0.142. The van der Waals surface area contributed by atoms with Crippen molar-refractivity contribution in [3.8, 4) is 0 Å². The Kier molecular flexibility index (Phi) is 4.94. The van der Waals surface area contributed by atoms with E-state index in [-0.39, 0.29) is 11.9 Å². The first-order chi connectivity index (χ1) is 9.11. The number of hydrogen-bond acceptors (Lipinski definition) is 2. The fourth-order valence-electron chi connectivity index (χ4n) is 3.09. The van der Waals surface area contributed by atoms with E-state index in [1.54, 1.807) is 12.1 Å². The molecule has 0 radical (unpaired) electrons. The summed E-state index contributed by atoms with van der Waals surface area (Å²) in [6.07, 6.45) is 4.92. The van der Waals surface area contributed by atoms with E-state index in [0.29, 0.717) is 12.1 Å². The van der Waals surface area contributed by atoms with Crippen molar-refractivity contribution in [2.24, 2.45) is 0 Å². The van der Waals surface area contributed by atoms with Gasteiger partial charge in [0, 0.05) is 18.1 Å². The molecule has 106 valence electrons. The third-order valence-corrected chi connectivity index (χ3v) is 4.62. The molecule has 0 heterocycles. The molecule has 1 aromatic carbocycles. The van der Waals surface area contributed by atoms with Gasteiger partial charge in [-0.3, -0.25) is 4.90 Å². The smallest absolute Gasteiger partial charge is 0.123 e. The first kappa shape index (κ1) is 14.5. The van der Waals surface area contributed by atoms with Gasteiger partial charge < -0.3 is 5.32 Å². The predicted octanol–water partition coefficient (Wildman–Crippen LogP) is 3.35. The van der Waals surface area contributed by atoms with Gasteiger partial charge in [0.2, 0.25) is 0 Å². The highest BCUT2D eigenvalue weighted by Gasteiger charge is 2.26. The molecule has 0 spiro atoms. The summed E-state index contributed by atoms with van der Waals surface area (Å²) in [4.78, 5) is 2.40. The second-order valence-electron chi connectivity index (χ2n) is 5.69. The van der Waals surface area contributed by atoms with Crippen LogP contribution in [0.1, 0.15) is 44.2 Å². The highest BCUT2D eigenvalue weighted by Crippen LogP contribution is 2.29. The van der Waals surface area contributed by atoms with Crippen LogP contribution in [0.15, 0.2) is 24.3 Å². The van der Waals surface area contributed by atoms with Crippen LogP contribution in [0.5, 0.6) is 0 Å². The van der Waals surface area contributed by atoms with Crippen molar-refractivity contribution in [2.45, 2.75) is 50.7 Å². The molecule has 1 aliphatic carbocycles. The predicted molar refractivity (Wildman–Crippen MR) is 77.7 cm³/mol. The molecule has 0 aromatic heterocycles. The van der Waals surface area contributed by atoms with Gasteiger partial charge in [0.15, 0.2) is 0 Å². The van der Waals surface area contributed by atoms with Gasteiger partial charge in [0.1, 0.15) is 5.82 Å². The third kappa shape index (κ3) is 3.54. The second-order valence-corrected chi connectivity index (χ2v) is 5.69. The zero-order chi connectivity index (χ0) is 13.8. The summed E-state index contributed by atoms with van der Waals surface area (Å²) >= 11 is 0. The van der Waals surface area contributed by atoms with Crippen molar-refractivity contribution in [1.29, 1.82) is 0 Å². The molecule has 1 aliphatic rings. The fourth-order valence-corrected chi connectivity index (χ4v) is 3.09. The molecule has 2 nitrogen and oxygen atoms in total. The summed E-state index contributed by atoms with van der Waals surface area (Å²) in [5.74, 6) is -0.142. The van der Waals surface area contributed by atoms with Crippen molar-refractivity contribution in [3.05, 3.63) is 35.6 Å². The highest BCUT2D eigenvalue weighted by atomic mass is 19.1. The first-order valence-electron chi connectivity index (χ1n) is 7.26. The molecule has 0 aliphatic heterocycles. The quantitative estimate of drug-likeness (QED) is 0.897. The molecule has 1 atom stereocenters. The topological polar surface area (TPSA) is 15.3 Å². The van der Waals surface area contributed by atoms with Crippen molar-refractivity contribution >= 4 is 0 Å². The SMILES string of the molecule is CNC1CCC(N(C)C(C)c2cccc(F)c2)CC1. The van der Waals surface area contributed by atoms with Gasteiger partial charge in [-0.1, -0.05) is 12.1 Å². The number of nitrogens with zero attached hydrogens (tertiary/aromatic N) is 1. The molecule has 2 rings (SSSR count). The Balaban J connectivity index is 1.98. The Morgan fingerprint density at radius 3 is 2.53 bits per heavy atom. The highest BCUT2D eigenvalue weighted by molar-refractivity contribution is 5.19. The zero-order valence-electron chi connectivity index (χ0n) is 12.2. The van der Waals surface area contributed by atoms with Gasteiger partial charge in [0.05, 0.1) is 0 Å². The molecule has 1 unspecified atom stereocenters. The minimum absolute atomic E-state index is 0.142. The Labute approximate surface area is 116 Å². The van der Waals surface area contributed by atoms with E-state index >= 15 is 0 Å². The van der Waals surface area contributed by atoms with E-state index in [4.69, 9.17) is 0 Å². The normalized spacial score (nSPS) is 25.5. The molecule has 1 N–H and O–H groups in total. The van der Waals surface area contributed by atoms with Crippen LogP contribution in [-0.4, -0.2) is 31.1 Å². The van der Waals surface area contributed by atoms with Crippen LogP contribution in [0.2, 0.25) is 0 Å². The van der Waals surface area contributed by atoms with Crippen molar-refractivity contribution in [1.82, 2.24) is 10.2 Å². The van der Waals surface area contributed by atoms with Crippen molar-refractivity contribution < 1.29 is 4.39 Å². The molecule has 1 aromatic rings. The maximum Gasteiger partial charge on any atom is 0.123 e. The van der Waals surface area contributed by atoms with E-state index in [1.165, 1.54) is 31.7 Å². The lowest BCUT2D eigenvalue weighted by molar-refractivity contribution is 0.136. The van der Waals surface area contributed by atoms with Crippen molar-refractivity contribution in [3.63, 3.8) is 0 Å². The summed E-state index contributed by atoms with van der Waals surface area (Å²) in [5, 5.41) is 3.36. The van der Waals surface area contributed by atoms with Crippen LogP contribution >= 0.6 is 0 Å². The standard InChI is InChI=1S/C16H25FN2/c1-12(13-5-4-6-14(17)11-13)19(3)16-9-7-15(18-2)8-10-16/h4-6,11-12,15-16,18H,7-10H2,1-3H3. The number of benzene rings is 1. The molecule has 0 saturated heterocycles. The largest absolute Gasteiger partial charge is 0.317 e. The van der Waals surface area contributed by atoms with Crippen LogP contribution in [0, 0.1) is 5.82 Å². The summed E-state index contributed by atoms with van der Waals surface area (Å²) < 4.78 is 13.3. The van der Waals surface area contributed by atoms with Crippen LogP contribution in [-0.2, 0) is 0 Å². The molecule has 19 heavy (non-hydrogen) atoms. The van der Waals surface area contributed by atoms with E-state index < -0.39 is 0 Å². The summed E-state index contributed by atoms with van der Waals surface area (Å²) in [6, 6.07) is 8.54. The van der Waals surface area contributed by atoms with Crippen LogP contribution in [0.4, 0.5) is 4.39 Å². The van der Waals surface area contributed by atoms with Gasteiger partial charge >= 0.3 is 0 Å². The van der Waals surface area contributed by atoms with Crippen LogP contribution in [0.3, 0.4) is 0 Å². The maximum absolute atomic E-state index is 13.3. The Morgan fingerprint density at radius 1 is 1.26 bits per heavy atom. The Morgan fingerprint density at radius 2 is 1.95 bits per heavy atom. The van der Waals surface area contributed by atoms with Gasteiger partial charge in [-0.2, -0.15) is 0 Å². The lowest BCUT2D eigenvalue weighted by atomic mass is 9.89. The Bertz CT molecular complexity index is 399. The summed E-state index contributed by atoms with van der Waals surface area (Å²) in [6.45, 7) is 2.17. The van der Waals surface area contributed by atoms with E-state index in [1.807, 2.05) is 13.1 Å². The number of rotatable bonds is 4. The lowest BCUT2D eigenvalue weighted by Gasteiger charge is -2.38. The van der Waals surface area contributed by atoms with Crippen molar-refractivity contribution in [2.75, 3.05) is 14.1 Å². The molecule has 1 fully saturated rings. The second kappa shape index (κ2) is 6.49. The molecule has 3 heteroatoms. The molecular weight excluding hydrogens is 239 g/mol. The van der Waals surface area contributed by atoms with E-state index in [2.05, 4.69) is 24.2 Å². The molecular formula is C16H25FN2. The lowest BCUT2D eigenvalue weighted by Crippen LogP contribution is -2.40.